The van der Waals surface area contributed by atoms with Crippen molar-refractivity contribution >= 4 is 17.3 Å². The molecule has 86 valence electrons. The van der Waals surface area contributed by atoms with Gasteiger partial charge in [-0.25, -0.2) is 4.79 Å². The zero-order chi connectivity index (χ0) is 12.4. The Morgan fingerprint density at radius 1 is 1.06 bits per heavy atom. The molecule has 0 aromatic heterocycles. The van der Waals surface area contributed by atoms with Crippen LogP contribution in [0.25, 0.3) is 11.1 Å². The van der Waals surface area contributed by atoms with Crippen molar-refractivity contribution in [3.8, 4) is 11.1 Å². The van der Waals surface area contributed by atoms with Gasteiger partial charge in [-0.3, -0.25) is 0 Å². The molecule has 0 aliphatic carbocycles. The third-order valence-electron chi connectivity index (χ3n) is 2.50. The highest BCUT2D eigenvalue weighted by atomic mass is 16.4. The highest BCUT2D eigenvalue weighted by Gasteiger charge is 2.07. The number of nitrogen functional groups attached to an aromatic ring is 2. The minimum absolute atomic E-state index is 0.235. The van der Waals surface area contributed by atoms with Crippen LogP contribution in [0.15, 0.2) is 42.5 Å². The summed E-state index contributed by atoms with van der Waals surface area (Å²) in [5.41, 5.74) is 14.4. The van der Waals surface area contributed by atoms with Crippen molar-refractivity contribution in [1.82, 2.24) is 0 Å². The summed E-state index contributed by atoms with van der Waals surface area (Å²) >= 11 is 0. The molecule has 0 saturated carbocycles. The van der Waals surface area contributed by atoms with Crippen molar-refractivity contribution in [2.75, 3.05) is 11.5 Å². The van der Waals surface area contributed by atoms with Crippen molar-refractivity contribution in [2.45, 2.75) is 0 Å². The van der Waals surface area contributed by atoms with E-state index in [0.717, 1.165) is 11.1 Å². The fourth-order valence-electron chi connectivity index (χ4n) is 1.66. The summed E-state index contributed by atoms with van der Waals surface area (Å²) in [6, 6.07) is 11.8. The second-order valence-electron chi connectivity index (χ2n) is 3.73. The molecule has 2 aromatic rings. The van der Waals surface area contributed by atoms with Crippen LogP contribution < -0.4 is 11.5 Å². The molecule has 2 rings (SSSR count). The summed E-state index contributed by atoms with van der Waals surface area (Å²) in [6.45, 7) is 0. The Balaban J connectivity index is 2.53. The molecule has 0 aliphatic heterocycles. The molecule has 0 radical (unpaired) electrons. The van der Waals surface area contributed by atoms with E-state index in [1.54, 1.807) is 36.4 Å². The van der Waals surface area contributed by atoms with E-state index in [0.29, 0.717) is 11.4 Å². The minimum atomic E-state index is -0.958. The lowest BCUT2D eigenvalue weighted by Gasteiger charge is -2.07. The molecule has 0 bridgehead atoms. The molecule has 4 nitrogen and oxygen atoms in total. The number of aromatic carboxylic acids is 1. The SMILES string of the molecule is Nc1ccc(-c2cccc(C(=O)O)c2)c(N)c1. The molecule has 0 spiro atoms. The van der Waals surface area contributed by atoms with E-state index in [2.05, 4.69) is 0 Å². The molecule has 0 saturated heterocycles. The van der Waals surface area contributed by atoms with E-state index in [9.17, 15) is 4.79 Å². The number of nitrogens with two attached hydrogens (primary N) is 2. The number of anilines is 2. The van der Waals surface area contributed by atoms with Crippen LogP contribution in [-0.4, -0.2) is 11.1 Å². The predicted molar refractivity (Wildman–Crippen MR) is 67.7 cm³/mol. The van der Waals surface area contributed by atoms with E-state index in [-0.39, 0.29) is 5.56 Å². The van der Waals surface area contributed by atoms with Crippen molar-refractivity contribution in [1.29, 1.82) is 0 Å². The minimum Gasteiger partial charge on any atom is -0.478 e. The first-order valence-corrected chi connectivity index (χ1v) is 5.06. The summed E-state index contributed by atoms with van der Waals surface area (Å²) < 4.78 is 0. The zero-order valence-electron chi connectivity index (χ0n) is 9.05. The predicted octanol–water partition coefficient (Wildman–Crippen LogP) is 2.22. The maximum Gasteiger partial charge on any atom is 0.335 e. The van der Waals surface area contributed by atoms with Gasteiger partial charge in [-0.05, 0) is 29.8 Å². The Morgan fingerprint density at radius 3 is 2.47 bits per heavy atom. The van der Waals surface area contributed by atoms with Gasteiger partial charge in [0.2, 0.25) is 0 Å². The third-order valence-corrected chi connectivity index (χ3v) is 2.50. The maximum absolute atomic E-state index is 10.9. The first-order valence-electron chi connectivity index (χ1n) is 5.06. The molecule has 0 amide bonds. The van der Waals surface area contributed by atoms with Gasteiger partial charge < -0.3 is 16.6 Å². The number of benzene rings is 2. The summed E-state index contributed by atoms with van der Waals surface area (Å²) in [5.74, 6) is -0.958. The molecular weight excluding hydrogens is 216 g/mol. The average Bonchev–Trinajstić information content (AvgIpc) is 2.29. The summed E-state index contributed by atoms with van der Waals surface area (Å²) in [6.07, 6.45) is 0. The van der Waals surface area contributed by atoms with Gasteiger partial charge in [-0.15, -0.1) is 0 Å². The topological polar surface area (TPSA) is 89.3 Å². The van der Waals surface area contributed by atoms with Gasteiger partial charge in [-0.2, -0.15) is 0 Å². The van der Waals surface area contributed by atoms with Crippen LogP contribution in [0.5, 0.6) is 0 Å². The lowest BCUT2D eigenvalue weighted by atomic mass is 10.0. The number of carbonyl (C=O) groups is 1. The summed E-state index contributed by atoms with van der Waals surface area (Å²) in [7, 11) is 0. The van der Waals surface area contributed by atoms with Crippen LogP contribution >= 0.6 is 0 Å². The molecule has 5 N–H and O–H groups in total. The Morgan fingerprint density at radius 2 is 1.82 bits per heavy atom. The third kappa shape index (κ3) is 2.20. The van der Waals surface area contributed by atoms with Crippen molar-refractivity contribution in [3.05, 3.63) is 48.0 Å². The highest BCUT2D eigenvalue weighted by molar-refractivity contribution is 5.90. The van der Waals surface area contributed by atoms with Gasteiger partial charge >= 0.3 is 5.97 Å². The summed E-state index contributed by atoms with van der Waals surface area (Å²) in [5, 5.41) is 8.92. The Kier molecular flexibility index (Phi) is 2.70. The fourth-order valence-corrected chi connectivity index (χ4v) is 1.66. The standard InChI is InChI=1S/C13H12N2O2/c14-10-4-5-11(12(15)7-10)8-2-1-3-9(6-8)13(16)17/h1-7H,14-15H2,(H,16,17). The van der Waals surface area contributed by atoms with Crippen molar-refractivity contribution in [3.63, 3.8) is 0 Å². The smallest absolute Gasteiger partial charge is 0.335 e. The van der Waals surface area contributed by atoms with Crippen LogP contribution in [0.3, 0.4) is 0 Å². The van der Waals surface area contributed by atoms with Gasteiger partial charge in [0.1, 0.15) is 0 Å². The number of carboxylic acids is 1. The quantitative estimate of drug-likeness (QED) is 0.687. The highest BCUT2D eigenvalue weighted by Crippen LogP contribution is 2.28. The van der Waals surface area contributed by atoms with Crippen LogP contribution in [0.1, 0.15) is 10.4 Å². The van der Waals surface area contributed by atoms with Crippen LogP contribution in [-0.2, 0) is 0 Å². The Bertz CT molecular complexity index is 579. The van der Waals surface area contributed by atoms with Gasteiger partial charge in [0.05, 0.1) is 5.56 Å². The molecule has 0 aliphatic rings. The molecule has 2 aromatic carbocycles. The largest absolute Gasteiger partial charge is 0.478 e. The Labute approximate surface area is 98.5 Å². The van der Waals surface area contributed by atoms with Gasteiger partial charge in [0.15, 0.2) is 0 Å². The van der Waals surface area contributed by atoms with Crippen molar-refractivity contribution < 1.29 is 9.90 Å². The molecule has 4 heteroatoms. The first-order chi connectivity index (χ1) is 8.08. The number of carboxylic acid groups (broad SMARTS) is 1. The van der Waals surface area contributed by atoms with Gasteiger partial charge in [0.25, 0.3) is 0 Å². The second kappa shape index (κ2) is 4.17. The van der Waals surface area contributed by atoms with E-state index in [1.165, 1.54) is 0 Å². The van der Waals surface area contributed by atoms with E-state index < -0.39 is 5.97 Å². The maximum atomic E-state index is 10.9. The molecular formula is C13H12N2O2. The van der Waals surface area contributed by atoms with E-state index >= 15 is 0 Å². The van der Waals surface area contributed by atoms with Crippen LogP contribution in [0.2, 0.25) is 0 Å². The van der Waals surface area contributed by atoms with Gasteiger partial charge in [0, 0.05) is 16.9 Å². The number of hydrogen-bond acceptors (Lipinski definition) is 3. The fraction of sp³-hybridized carbons (Fsp3) is 0. The number of rotatable bonds is 2. The lowest BCUT2D eigenvalue weighted by Crippen LogP contribution is -1.97. The summed E-state index contributed by atoms with van der Waals surface area (Å²) in [4.78, 5) is 10.9. The normalized spacial score (nSPS) is 10.1. The van der Waals surface area contributed by atoms with E-state index in [4.69, 9.17) is 16.6 Å². The molecule has 0 unspecified atom stereocenters. The average molecular weight is 228 g/mol. The second-order valence-corrected chi connectivity index (χ2v) is 3.73. The number of hydrogen-bond donors (Lipinski definition) is 3. The van der Waals surface area contributed by atoms with Crippen LogP contribution in [0, 0.1) is 0 Å². The lowest BCUT2D eigenvalue weighted by molar-refractivity contribution is 0.0697. The monoisotopic (exact) mass is 228 g/mol. The van der Waals surface area contributed by atoms with Crippen LogP contribution in [0.4, 0.5) is 11.4 Å². The zero-order valence-corrected chi connectivity index (χ0v) is 9.05. The molecule has 0 heterocycles. The molecule has 17 heavy (non-hydrogen) atoms. The van der Waals surface area contributed by atoms with E-state index in [1.807, 2.05) is 6.07 Å². The molecule has 0 fully saturated rings. The van der Waals surface area contributed by atoms with Crippen molar-refractivity contribution in [2.24, 2.45) is 0 Å². The molecule has 0 atom stereocenters. The Hall–Kier alpha value is -2.49. The van der Waals surface area contributed by atoms with Gasteiger partial charge in [-0.1, -0.05) is 18.2 Å². The first kappa shape index (κ1) is 11.0.